The van der Waals surface area contributed by atoms with Crippen molar-refractivity contribution in [3.63, 3.8) is 0 Å². The largest absolute Gasteiger partial charge is 0.298 e. The monoisotopic (exact) mass is 438 g/mol. The predicted molar refractivity (Wildman–Crippen MR) is 120 cm³/mol. The number of amides is 2. The third-order valence-electron chi connectivity index (χ3n) is 5.54. The van der Waals surface area contributed by atoms with E-state index in [1.54, 1.807) is 46.9 Å². The molecule has 0 saturated carbocycles. The van der Waals surface area contributed by atoms with Gasteiger partial charge in [0.2, 0.25) is 0 Å². The second kappa shape index (κ2) is 8.28. The molecule has 0 unspecified atom stereocenters. The van der Waals surface area contributed by atoms with Crippen LogP contribution in [0.2, 0.25) is 0 Å². The minimum atomic E-state index is -0.208. The number of hydrogen-bond acceptors (Lipinski definition) is 6. The summed E-state index contributed by atoms with van der Waals surface area (Å²) in [5, 5.41) is 7.09. The fraction of sp³-hybridized carbons (Fsp3) is 0.364. The number of aromatic nitrogens is 2. The summed E-state index contributed by atoms with van der Waals surface area (Å²) in [7, 11) is 0. The van der Waals surface area contributed by atoms with E-state index in [0.29, 0.717) is 21.4 Å². The van der Waals surface area contributed by atoms with Crippen molar-refractivity contribution in [1.29, 1.82) is 0 Å². The summed E-state index contributed by atoms with van der Waals surface area (Å²) in [4.78, 5) is 36.8. The maximum Gasteiger partial charge on any atom is 0.257 e. The molecule has 5 rings (SSSR count). The normalized spacial score (nSPS) is 15.2. The fourth-order valence-electron chi connectivity index (χ4n) is 3.92. The quantitative estimate of drug-likeness (QED) is 0.609. The van der Waals surface area contributed by atoms with E-state index in [9.17, 15) is 9.59 Å². The van der Waals surface area contributed by atoms with Crippen LogP contribution in [0.3, 0.4) is 0 Å². The van der Waals surface area contributed by atoms with Crippen LogP contribution in [0.1, 0.15) is 67.5 Å². The number of benzene rings is 1. The smallest absolute Gasteiger partial charge is 0.257 e. The van der Waals surface area contributed by atoms with E-state index in [-0.39, 0.29) is 11.8 Å². The van der Waals surface area contributed by atoms with Gasteiger partial charge in [0.05, 0.1) is 11.4 Å². The second-order valence-corrected chi connectivity index (χ2v) is 9.84. The Balaban J connectivity index is 1.23. The topological polar surface area (TPSA) is 84.0 Å². The van der Waals surface area contributed by atoms with Crippen LogP contribution in [0, 0.1) is 0 Å². The molecule has 0 saturated heterocycles. The van der Waals surface area contributed by atoms with Crippen molar-refractivity contribution in [3.8, 4) is 0 Å². The molecule has 0 radical (unpaired) electrons. The van der Waals surface area contributed by atoms with E-state index in [0.717, 1.165) is 49.9 Å². The van der Waals surface area contributed by atoms with E-state index in [4.69, 9.17) is 0 Å². The standard InChI is InChI=1S/C22H22N4O2S2/c27-19(25-21-23-15-5-1-3-7-17(15)29-21)13-9-11-14(12-10-13)20(28)26-22-24-16-6-2-4-8-18(16)30-22/h9-12H,1-8H2,(H,23,25,27)(H,24,26,28). The highest BCUT2D eigenvalue weighted by molar-refractivity contribution is 7.16. The zero-order valence-electron chi connectivity index (χ0n) is 16.5. The van der Waals surface area contributed by atoms with Gasteiger partial charge in [0.1, 0.15) is 0 Å². The van der Waals surface area contributed by atoms with Gasteiger partial charge in [-0.05, 0) is 75.6 Å². The Morgan fingerprint density at radius 3 is 1.47 bits per heavy atom. The zero-order chi connectivity index (χ0) is 20.5. The molecule has 2 aromatic heterocycles. The van der Waals surface area contributed by atoms with Crippen LogP contribution in [-0.2, 0) is 25.7 Å². The van der Waals surface area contributed by atoms with Crippen molar-refractivity contribution >= 4 is 44.8 Å². The minimum absolute atomic E-state index is 0.208. The third kappa shape index (κ3) is 4.02. The van der Waals surface area contributed by atoms with Gasteiger partial charge in [-0.3, -0.25) is 20.2 Å². The highest BCUT2D eigenvalue weighted by Crippen LogP contribution is 2.31. The average molecular weight is 439 g/mol. The summed E-state index contributed by atoms with van der Waals surface area (Å²) in [5.41, 5.74) is 3.25. The second-order valence-electron chi connectivity index (χ2n) is 7.68. The van der Waals surface area contributed by atoms with Gasteiger partial charge >= 0.3 is 0 Å². The van der Waals surface area contributed by atoms with E-state index < -0.39 is 0 Å². The van der Waals surface area contributed by atoms with Crippen LogP contribution in [-0.4, -0.2) is 21.8 Å². The molecule has 2 heterocycles. The Hall–Kier alpha value is -2.58. The van der Waals surface area contributed by atoms with Gasteiger partial charge in [-0.2, -0.15) is 0 Å². The highest BCUT2D eigenvalue weighted by Gasteiger charge is 2.19. The molecule has 2 aliphatic rings. The van der Waals surface area contributed by atoms with Crippen molar-refractivity contribution in [2.24, 2.45) is 0 Å². The van der Waals surface area contributed by atoms with Gasteiger partial charge in [-0.25, -0.2) is 9.97 Å². The molecule has 0 atom stereocenters. The molecule has 6 nitrogen and oxygen atoms in total. The van der Waals surface area contributed by atoms with Crippen LogP contribution in [0.15, 0.2) is 24.3 Å². The van der Waals surface area contributed by atoms with Crippen LogP contribution >= 0.6 is 22.7 Å². The Labute approximate surface area is 182 Å². The summed E-state index contributed by atoms with van der Waals surface area (Å²) in [6, 6.07) is 6.69. The first-order valence-corrected chi connectivity index (χ1v) is 12.0. The summed E-state index contributed by atoms with van der Waals surface area (Å²) in [6.07, 6.45) is 8.80. The number of aryl methyl sites for hydroxylation is 4. The molecule has 2 amide bonds. The molecule has 8 heteroatoms. The summed E-state index contributed by atoms with van der Waals surface area (Å²) < 4.78 is 0. The Morgan fingerprint density at radius 2 is 1.07 bits per heavy atom. The number of fused-ring (bicyclic) bond motifs is 2. The molecule has 2 N–H and O–H groups in total. The molecule has 0 fully saturated rings. The summed E-state index contributed by atoms with van der Waals surface area (Å²) in [6.45, 7) is 0. The maximum absolute atomic E-state index is 12.6. The van der Waals surface area contributed by atoms with Crippen molar-refractivity contribution in [1.82, 2.24) is 9.97 Å². The lowest BCUT2D eigenvalue weighted by molar-refractivity contribution is 0.101. The lowest BCUT2D eigenvalue weighted by Gasteiger charge is -2.06. The van der Waals surface area contributed by atoms with Crippen LogP contribution in [0.5, 0.6) is 0 Å². The van der Waals surface area contributed by atoms with Crippen LogP contribution in [0.25, 0.3) is 0 Å². The van der Waals surface area contributed by atoms with Crippen molar-refractivity contribution in [2.75, 3.05) is 10.6 Å². The first-order valence-electron chi connectivity index (χ1n) is 10.4. The molecule has 1 aromatic carbocycles. The molecular formula is C22H22N4O2S2. The van der Waals surface area contributed by atoms with E-state index in [2.05, 4.69) is 20.6 Å². The van der Waals surface area contributed by atoms with Crippen molar-refractivity contribution in [2.45, 2.75) is 51.4 Å². The van der Waals surface area contributed by atoms with E-state index in [1.165, 1.54) is 22.6 Å². The van der Waals surface area contributed by atoms with Crippen molar-refractivity contribution in [3.05, 3.63) is 56.5 Å². The fourth-order valence-corrected chi connectivity index (χ4v) is 6.01. The molecule has 2 aliphatic carbocycles. The van der Waals surface area contributed by atoms with E-state index >= 15 is 0 Å². The van der Waals surface area contributed by atoms with Gasteiger partial charge in [0, 0.05) is 20.9 Å². The average Bonchev–Trinajstić information content (AvgIpc) is 3.36. The molecule has 0 bridgehead atoms. The number of rotatable bonds is 4. The Morgan fingerprint density at radius 1 is 0.667 bits per heavy atom. The molecule has 0 aliphatic heterocycles. The third-order valence-corrected chi connectivity index (χ3v) is 7.69. The number of carbonyl (C=O) groups is 2. The molecular weight excluding hydrogens is 416 g/mol. The van der Waals surface area contributed by atoms with Crippen LogP contribution < -0.4 is 10.6 Å². The number of carbonyl (C=O) groups excluding carboxylic acids is 2. The number of nitrogens with one attached hydrogen (secondary N) is 2. The van der Waals surface area contributed by atoms with Crippen LogP contribution in [0.4, 0.5) is 10.3 Å². The lowest BCUT2D eigenvalue weighted by atomic mass is 10.0. The first-order chi connectivity index (χ1) is 14.7. The SMILES string of the molecule is O=C(Nc1nc2c(s1)CCCC2)c1ccc(C(=O)Nc2nc3c(s2)CCCC3)cc1. The molecule has 0 spiro atoms. The summed E-state index contributed by atoms with van der Waals surface area (Å²) in [5.74, 6) is -0.415. The van der Waals surface area contributed by atoms with Gasteiger partial charge in [-0.15, -0.1) is 22.7 Å². The number of thiazole rings is 2. The van der Waals surface area contributed by atoms with Gasteiger partial charge < -0.3 is 0 Å². The number of hydrogen-bond donors (Lipinski definition) is 2. The molecule has 154 valence electrons. The van der Waals surface area contributed by atoms with Gasteiger partial charge in [0.15, 0.2) is 10.3 Å². The first kappa shape index (κ1) is 19.4. The Kier molecular flexibility index (Phi) is 5.35. The van der Waals surface area contributed by atoms with Gasteiger partial charge in [0.25, 0.3) is 11.8 Å². The highest BCUT2D eigenvalue weighted by atomic mass is 32.1. The predicted octanol–water partition coefficient (Wildman–Crippen LogP) is 4.86. The minimum Gasteiger partial charge on any atom is -0.298 e. The molecule has 30 heavy (non-hydrogen) atoms. The maximum atomic E-state index is 12.6. The summed E-state index contributed by atoms with van der Waals surface area (Å²) >= 11 is 3.13. The zero-order valence-corrected chi connectivity index (χ0v) is 18.1. The Bertz CT molecular complexity index is 967. The number of nitrogens with zero attached hydrogens (tertiary/aromatic N) is 2. The lowest BCUT2D eigenvalue weighted by Crippen LogP contribution is -2.14. The van der Waals surface area contributed by atoms with E-state index in [1.807, 2.05) is 0 Å². The van der Waals surface area contributed by atoms with Gasteiger partial charge in [-0.1, -0.05) is 0 Å². The van der Waals surface area contributed by atoms with Crippen molar-refractivity contribution < 1.29 is 9.59 Å². The number of anilines is 2. The molecule has 3 aromatic rings.